The van der Waals surface area contributed by atoms with Crippen LogP contribution in [0.5, 0.6) is 0 Å². The average Bonchev–Trinajstić information content (AvgIpc) is 2.81. The van der Waals surface area contributed by atoms with Gasteiger partial charge < -0.3 is 11.1 Å². The first kappa shape index (κ1) is 21.8. The largest absolute Gasteiger partial charge is 0.325 e. The van der Waals surface area contributed by atoms with Crippen LogP contribution in [0.2, 0.25) is 5.02 Å². The van der Waals surface area contributed by atoms with Gasteiger partial charge in [0.05, 0.1) is 11.1 Å². The molecule has 4 aromatic rings. The average molecular weight is 442 g/mol. The van der Waals surface area contributed by atoms with Crippen molar-refractivity contribution in [2.24, 2.45) is 5.73 Å². The predicted molar refractivity (Wildman–Crippen MR) is 131 cm³/mol. The summed E-state index contributed by atoms with van der Waals surface area (Å²) >= 11 is 6.35. The molecule has 1 amide bonds. The lowest BCUT2D eigenvalue weighted by Crippen LogP contribution is -2.41. The highest BCUT2D eigenvalue weighted by Gasteiger charge is 2.27. The van der Waals surface area contributed by atoms with Crippen molar-refractivity contribution >= 4 is 23.2 Å². The fourth-order valence-electron chi connectivity index (χ4n) is 3.91. The van der Waals surface area contributed by atoms with Gasteiger partial charge in [0.1, 0.15) is 0 Å². The van der Waals surface area contributed by atoms with Crippen LogP contribution in [-0.2, 0) is 4.79 Å². The fourth-order valence-corrected chi connectivity index (χ4v) is 4.21. The molecular weight excluding hydrogens is 418 g/mol. The van der Waals surface area contributed by atoms with E-state index >= 15 is 0 Å². The molecule has 0 spiro atoms. The Bertz CT molecular complexity index is 1140. The number of amides is 1. The van der Waals surface area contributed by atoms with Gasteiger partial charge in [-0.3, -0.25) is 9.78 Å². The van der Waals surface area contributed by atoms with Crippen LogP contribution in [0.25, 0.3) is 11.1 Å². The molecule has 3 N–H and O–H groups in total. The highest BCUT2D eigenvalue weighted by atomic mass is 35.5. The van der Waals surface area contributed by atoms with Gasteiger partial charge in [0.15, 0.2) is 0 Å². The van der Waals surface area contributed by atoms with E-state index in [1.807, 2.05) is 91.9 Å². The number of anilines is 1. The quantitative estimate of drug-likeness (QED) is 0.396. The number of rotatable bonds is 6. The van der Waals surface area contributed by atoms with Crippen LogP contribution >= 0.6 is 11.6 Å². The third-order valence-electron chi connectivity index (χ3n) is 5.51. The van der Waals surface area contributed by atoms with Gasteiger partial charge in [-0.25, -0.2) is 0 Å². The summed E-state index contributed by atoms with van der Waals surface area (Å²) in [6.45, 7) is 1.92. The molecule has 4 rings (SSSR count). The molecule has 1 aromatic heterocycles. The third-order valence-corrected chi connectivity index (χ3v) is 5.83. The Morgan fingerprint density at radius 3 is 1.97 bits per heavy atom. The van der Waals surface area contributed by atoms with E-state index in [0.717, 1.165) is 27.9 Å². The van der Waals surface area contributed by atoms with E-state index in [1.54, 1.807) is 12.3 Å². The second-order valence-corrected chi connectivity index (χ2v) is 8.05. The standard InChI is InChI=1S/C27H24ClN3O/c1-18-24(23(28)16-17-30-18)21-12-14-22(15-13-21)31-27(32)26(29)25(19-8-4-2-5-9-19)20-10-6-3-7-11-20/h2-17,25-26H,29H2,1H3,(H,31,32)/t26-/m0/s1. The lowest BCUT2D eigenvalue weighted by Gasteiger charge is -2.24. The monoisotopic (exact) mass is 441 g/mol. The Kier molecular flexibility index (Phi) is 6.64. The number of nitrogens with zero attached hydrogens (tertiary/aromatic N) is 1. The Morgan fingerprint density at radius 2 is 1.44 bits per heavy atom. The highest BCUT2D eigenvalue weighted by Crippen LogP contribution is 2.31. The number of aromatic nitrogens is 1. The maximum Gasteiger partial charge on any atom is 0.242 e. The van der Waals surface area contributed by atoms with Crippen LogP contribution in [0.3, 0.4) is 0 Å². The Hall–Kier alpha value is -3.47. The lowest BCUT2D eigenvalue weighted by atomic mass is 9.85. The summed E-state index contributed by atoms with van der Waals surface area (Å²) < 4.78 is 0. The molecule has 0 aliphatic heterocycles. The van der Waals surface area contributed by atoms with E-state index in [2.05, 4.69) is 10.3 Å². The topological polar surface area (TPSA) is 68.0 Å². The van der Waals surface area contributed by atoms with Crippen molar-refractivity contribution < 1.29 is 4.79 Å². The van der Waals surface area contributed by atoms with Crippen LogP contribution < -0.4 is 11.1 Å². The molecule has 4 nitrogen and oxygen atoms in total. The second-order valence-electron chi connectivity index (χ2n) is 7.64. The van der Waals surface area contributed by atoms with Crippen molar-refractivity contribution in [3.63, 3.8) is 0 Å². The number of halogens is 1. The van der Waals surface area contributed by atoms with Gasteiger partial charge in [-0.2, -0.15) is 0 Å². The minimum Gasteiger partial charge on any atom is -0.325 e. The van der Waals surface area contributed by atoms with Crippen molar-refractivity contribution in [2.75, 3.05) is 5.32 Å². The van der Waals surface area contributed by atoms with E-state index in [-0.39, 0.29) is 11.8 Å². The number of carbonyl (C=O) groups is 1. The minimum atomic E-state index is -0.755. The van der Waals surface area contributed by atoms with Gasteiger partial charge in [0.2, 0.25) is 5.91 Å². The van der Waals surface area contributed by atoms with Crippen LogP contribution in [0.15, 0.2) is 97.2 Å². The molecule has 0 saturated carbocycles. The van der Waals surface area contributed by atoms with Crippen LogP contribution in [0.4, 0.5) is 5.69 Å². The highest BCUT2D eigenvalue weighted by molar-refractivity contribution is 6.33. The molecular formula is C27H24ClN3O. The Labute approximate surface area is 193 Å². The number of nitrogens with two attached hydrogens (primary N) is 1. The minimum absolute atomic E-state index is 0.244. The lowest BCUT2D eigenvalue weighted by molar-refractivity contribution is -0.117. The number of aryl methyl sites for hydroxylation is 1. The Morgan fingerprint density at radius 1 is 0.875 bits per heavy atom. The summed E-state index contributed by atoms with van der Waals surface area (Å²) in [5.41, 5.74) is 11.8. The van der Waals surface area contributed by atoms with E-state index in [0.29, 0.717) is 10.7 Å². The van der Waals surface area contributed by atoms with Crippen molar-refractivity contribution in [1.29, 1.82) is 0 Å². The molecule has 0 bridgehead atoms. The molecule has 0 radical (unpaired) electrons. The Balaban J connectivity index is 1.56. The number of hydrogen-bond donors (Lipinski definition) is 2. The zero-order valence-electron chi connectivity index (χ0n) is 17.7. The van der Waals surface area contributed by atoms with Crippen molar-refractivity contribution in [1.82, 2.24) is 4.98 Å². The first-order chi connectivity index (χ1) is 15.5. The van der Waals surface area contributed by atoms with Crippen molar-refractivity contribution in [3.8, 4) is 11.1 Å². The zero-order valence-corrected chi connectivity index (χ0v) is 18.5. The molecule has 0 fully saturated rings. The molecule has 1 heterocycles. The molecule has 32 heavy (non-hydrogen) atoms. The smallest absolute Gasteiger partial charge is 0.242 e. The van der Waals surface area contributed by atoms with Gasteiger partial charge in [-0.15, -0.1) is 0 Å². The third kappa shape index (κ3) is 4.72. The number of carbonyl (C=O) groups excluding carboxylic acids is 1. The molecule has 160 valence electrons. The summed E-state index contributed by atoms with van der Waals surface area (Å²) in [7, 11) is 0. The van der Waals surface area contributed by atoms with Crippen molar-refractivity contribution in [3.05, 3.63) is 119 Å². The molecule has 0 unspecified atom stereocenters. The summed E-state index contributed by atoms with van der Waals surface area (Å²) in [6, 6.07) is 28.3. The summed E-state index contributed by atoms with van der Waals surface area (Å²) in [5.74, 6) is -0.500. The fraction of sp³-hybridized carbons (Fsp3) is 0.111. The second kappa shape index (κ2) is 9.77. The summed E-state index contributed by atoms with van der Waals surface area (Å²) in [4.78, 5) is 17.4. The maximum absolute atomic E-state index is 13.1. The normalized spacial score (nSPS) is 11.9. The molecule has 5 heteroatoms. The maximum atomic E-state index is 13.1. The van der Waals surface area contributed by atoms with Crippen LogP contribution in [-0.4, -0.2) is 16.9 Å². The molecule has 0 aliphatic rings. The van der Waals surface area contributed by atoms with Gasteiger partial charge >= 0.3 is 0 Å². The number of hydrogen-bond acceptors (Lipinski definition) is 3. The van der Waals surface area contributed by atoms with E-state index in [1.165, 1.54) is 0 Å². The molecule has 0 aliphatic carbocycles. The van der Waals surface area contributed by atoms with Gasteiger partial charge in [-0.05, 0) is 41.8 Å². The van der Waals surface area contributed by atoms with Gasteiger partial charge in [-0.1, -0.05) is 84.4 Å². The zero-order chi connectivity index (χ0) is 22.5. The first-order valence-electron chi connectivity index (χ1n) is 10.4. The van der Waals surface area contributed by atoms with E-state index in [9.17, 15) is 4.79 Å². The van der Waals surface area contributed by atoms with E-state index in [4.69, 9.17) is 17.3 Å². The first-order valence-corrected chi connectivity index (χ1v) is 10.8. The molecule has 3 aromatic carbocycles. The summed E-state index contributed by atoms with van der Waals surface area (Å²) in [5, 5.41) is 3.60. The summed E-state index contributed by atoms with van der Waals surface area (Å²) in [6.07, 6.45) is 1.69. The van der Waals surface area contributed by atoms with Crippen molar-refractivity contribution in [2.45, 2.75) is 18.9 Å². The molecule has 0 saturated heterocycles. The number of benzene rings is 3. The van der Waals surface area contributed by atoms with Crippen LogP contribution in [0.1, 0.15) is 22.7 Å². The van der Waals surface area contributed by atoms with Crippen LogP contribution in [0, 0.1) is 6.92 Å². The van der Waals surface area contributed by atoms with Gasteiger partial charge in [0, 0.05) is 29.1 Å². The van der Waals surface area contributed by atoms with Gasteiger partial charge in [0.25, 0.3) is 0 Å². The number of pyridine rings is 1. The molecule has 1 atom stereocenters. The SMILES string of the molecule is Cc1nccc(Cl)c1-c1ccc(NC(=O)[C@@H](N)C(c2ccccc2)c2ccccc2)cc1. The number of nitrogens with one attached hydrogen (secondary N) is 1. The predicted octanol–water partition coefficient (Wildman–Crippen LogP) is 5.81. The van der Waals surface area contributed by atoms with E-state index < -0.39 is 6.04 Å².